The molecular weight excluding hydrogens is 392 g/mol. The zero-order chi connectivity index (χ0) is 22.8. The lowest BCUT2D eigenvalue weighted by Gasteiger charge is -2.56. The zero-order valence-electron chi connectivity index (χ0n) is 19.8. The van der Waals surface area contributed by atoms with Crippen molar-refractivity contribution >= 4 is 0 Å². The standard InChI is InChI=1S/C26H42O5/c1-15(31-14-23(29)24(2,3)30)19-8-9-20-18-7-6-16-12-17(27)13-22(28)26(16,5)21(18)10-11-25(19,20)4/h6-7,15,17,19-23,27-30H,8-14H2,1-5H3/t15-,17+,19+,20-,21-,22-,23-,25+,26-/m0/s1. The minimum atomic E-state index is -1.17. The van der Waals surface area contributed by atoms with Gasteiger partial charge in [0, 0.05) is 11.8 Å². The fourth-order valence-corrected chi connectivity index (χ4v) is 7.42. The van der Waals surface area contributed by atoms with E-state index >= 15 is 0 Å². The van der Waals surface area contributed by atoms with E-state index in [0.717, 1.165) is 25.7 Å². The summed E-state index contributed by atoms with van der Waals surface area (Å²) < 4.78 is 6.09. The van der Waals surface area contributed by atoms with Gasteiger partial charge < -0.3 is 25.2 Å². The average Bonchev–Trinajstić information content (AvgIpc) is 3.03. The molecule has 4 rings (SSSR count). The van der Waals surface area contributed by atoms with Gasteiger partial charge in [-0.05, 0) is 76.0 Å². The Morgan fingerprint density at radius 1 is 1.13 bits per heavy atom. The predicted octanol–water partition coefficient (Wildman–Crippen LogP) is 3.35. The van der Waals surface area contributed by atoms with Crippen LogP contribution >= 0.6 is 0 Å². The number of aliphatic hydroxyl groups is 4. The molecule has 0 aromatic heterocycles. The molecule has 0 heterocycles. The minimum absolute atomic E-state index is 0.0184. The van der Waals surface area contributed by atoms with Gasteiger partial charge in [0.1, 0.15) is 6.10 Å². The Morgan fingerprint density at radius 2 is 1.84 bits per heavy atom. The molecule has 5 nitrogen and oxygen atoms in total. The maximum Gasteiger partial charge on any atom is 0.105 e. The molecule has 176 valence electrons. The number of allylic oxidation sites excluding steroid dienone is 3. The molecule has 3 fully saturated rings. The molecule has 0 bridgehead atoms. The third kappa shape index (κ3) is 3.74. The van der Waals surface area contributed by atoms with Crippen LogP contribution in [-0.2, 0) is 4.74 Å². The largest absolute Gasteiger partial charge is 0.393 e. The van der Waals surface area contributed by atoms with Crippen molar-refractivity contribution in [2.24, 2.45) is 28.6 Å². The second kappa shape index (κ2) is 7.95. The van der Waals surface area contributed by atoms with Crippen LogP contribution in [0.4, 0.5) is 0 Å². The lowest BCUT2D eigenvalue weighted by atomic mass is 9.49. The molecule has 0 spiro atoms. The summed E-state index contributed by atoms with van der Waals surface area (Å²) in [6.07, 6.45) is 8.20. The van der Waals surface area contributed by atoms with E-state index < -0.39 is 23.9 Å². The molecule has 0 unspecified atom stereocenters. The summed E-state index contributed by atoms with van der Waals surface area (Å²) in [6.45, 7) is 10.1. The highest BCUT2D eigenvalue weighted by Crippen LogP contribution is 2.65. The van der Waals surface area contributed by atoms with Crippen LogP contribution in [0.3, 0.4) is 0 Å². The highest BCUT2D eigenvalue weighted by molar-refractivity contribution is 5.40. The third-order valence-corrected chi connectivity index (χ3v) is 9.62. The lowest BCUT2D eigenvalue weighted by Crippen LogP contribution is -2.52. The first kappa shape index (κ1) is 23.4. The Labute approximate surface area is 187 Å². The molecule has 0 radical (unpaired) electrons. The Bertz CT molecular complexity index is 751. The molecule has 0 aliphatic heterocycles. The molecule has 0 aromatic carbocycles. The van der Waals surface area contributed by atoms with Crippen LogP contribution in [0, 0.1) is 28.6 Å². The first-order valence-electron chi connectivity index (χ1n) is 12.2. The molecular formula is C26H42O5. The smallest absolute Gasteiger partial charge is 0.105 e. The van der Waals surface area contributed by atoms with Crippen LogP contribution in [0.2, 0.25) is 0 Å². The van der Waals surface area contributed by atoms with E-state index in [4.69, 9.17) is 4.74 Å². The molecule has 5 heteroatoms. The fraction of sp³-hybridized carbons (Fsp3) is 0.846. The zero-order valence-corrected chi connectivity index (χ0v) is 19.8. The molecule has 0 saturated heterocycles. The van der Waals surface area contributed by atoms with Crippen molar-refractivity contribution in [1.82, 2.24) is 0 Å². The first-order chi connectivity index (χ1) is 14.4. The first-order valence-corrected chi connectivity index (χ1v) is 12.2. The van der Waals surface area contributed by atoms with Crippen molar-refractivity contribution in [2.45, 2.75) is 103 Å². The van der Waals surface area contributed by atoms with Gasteiger partial charge >= 0.3 is 0 Å². The predicted molar refractivity (Wildman–Crippen MR) is 120 cm³/mol. The van der Waals surface area contributed by atoms with E-state index in [1.807, 2.05) is 0 Å². The summed E-state index contributed by atoms with van der Waals surface area (Å²) in [5, 5.41) is 41.4. The van der Waals surface area contributed by atoms with Crippen LogP contribution in [-0.4, -0.2) is 57.0 Å². The maximum atomic E-state index is 11.0. The Kier molecular flexibility index (Phi) is 6.01. The number of fused-ring (bicyclic) bond motifs is 5. The molecule has 0 amide bonds. The van der Waals surface area contributed by atoms with E-state index in [0.29, 0.717) is 30.6 Å². The number of ether oxygens (including phenoxy) is 1. The van der Waals surface area contributed by atoms with Crippen molar-refractivity contribution in [3.63, 3.8) is 0 Å². The molecule has 3 saturated carbocycles. The summed E-state index contributed by atoms with van der Waals surface area (Å²) in [5.41, 5.74) is 1.41. The van der Waals surface area contributed by atoms with Crippen LogP contribution in [0.5, 0.6) is 0 Å². The summed E-state index contributed by atoms with van der Waals surface area (Å²) in [5.74, 6) is 1.24. The lowest BCUT2D eigenvalue weighted by molar-refractivity contribution is -0.116. The van der Waals surface area contributed by atoms with Gasteiger partial charge in [0.15, 0.2) is 0 Å². The van der Waals surface area contributed by atoms with Gasteiger partial charge in [0.2, 0.25) is 0 Å². The van der Waals surface area contributed by atoms with Crippen LogP contribution in [0.15, 0.2) is 23.3 Å². The van der Waals surface area contributed by atoms with Crippen molar-refractivity contribution in [1.29, 1.82) is 0 Å². The third-order valence-electron chi connectivity index (χ3n) is 9.62. The minimum Gasteiger partial charge on any atom is -0.393 e. The molecule has 0 aromatic rings. The van der Waals surface area contributed by atoms with Gasteiger partial charge in [-0.15, -0.1) is 0 Å². The van der Waals surface area contributed by atoms with E-state index in [9.17, 15) is 20.4 Å². The topological polar surface area (TPSA) is 90.2 Å². The normalized spacial score (nSPS) is 44.5. The quantitative estimate of drug-likeness (QED) is 0.533. The number of hydrogen-bond acceptors (Lipinski definition) is 5. The highest BCUT2D eigenvalue weighted by Gasteiger charge is 2.59. The second-order valence-electron chi connectivity index (χ2n) is 11.8. The highest BCUT2D eigenvalue weighted by atomic mass is 16.5. The van der Waals surface area contributed by atoms with Crippen molar-refractivity contribution < 1.29 is 25.2 Å². The van der Waals surface area contributed by atoms with E-state index in [2.05, 4.69) is 32.9 Å². The Morgan fingerprint density at radius 3 is 2.52 bits per heavy atom. The summed E-state index contributed by atoms with van der Waals surface area (Å²) in [4.78, 5) is 0. The molecule has 4 N–H and O–H groups in total. The van der Waals surface area contributed by atoms with E-state index in [1.165, 1.54) is 11.1 Å². The average molecular weight is 435 g/mol. The summed E-state index contributed by atoms with van der Waals surface area (Å²) in [6, 6.07) is 0. The molecule has 4 aliphatic rings. The van der Waals surface area contributed by atoms with Gasteiger partial charge in [0.05, 0.1) is 30.5 Å². The van der Waals surface area contributed by atoms with E-state index in [1.54, 1.807) is 13.8 Å². The number of aliphatic hydroxyl groups excluding tert-OH is 3. The maximum absolute atomic E-state index is 11.0. The van der Waals surface area contributed by atoms with Gasteiger partial charge in [-0.25, -0.2) is 0 Å². The monoisotopic (exact) mass is 434 g/mol. The van der Waals surface area contributed by atoms with Crippen LogP contribution in [0.25, 0.3) is 0 Å². The molecule has 9 atom stereocenters. The van der Waals surface area contributed by atoms with Gasteiger partial charge in [0.25, 0.3) is 0 Å². The van der Waals surface area contributed by atoms with Crippen LogP contribution in [0.1, 0.15) is 73.1 Å². The van der Waals surface area contributed by atoms with Gasteiger partial charge in [-0.1, -0.05) is 37.1 Å². The number of hydrogen-bond donors (Lipinski definition) is 4. The SMILES string of the molecule is C[C@H](OC[C@H](O)C(C)(C)O)[C@H]1CC[C@H]2C3=CC=C4C[C@@H](O)C[C@H](O)[C@]4(C)[C@H]3CC[C@]12C. The second-order valence-corrected chi connectivity index (χ2v) is 11.8. The summed E-state index contributed by atoms with van der Waals surface area (Å²) in [7, 11) is 0. The van der Waals surface area contributed by atoms with Gasteiger partial charge in [-0.3, -0.25) is 0 Å². The molecule has 4 aliphatic carbocycles. The van der Waals surface area contributed by atoms with Crippen LogP contribution < -0.4 is 0 Å². The Balaban J connectivity index is 1.53. The van der Waals surface area contributed by atoms with E-state index in [-0.39, 0.29) is 23.5 Å². The Hall–Kier alpha value is -0.720. The van der Waals surface area contributed by atoms with Crippen molar-refractivity contribution in [3.05, 3.63) is 23.3 Å². The van der Waals surface area contributed by atoms with Crippen molar-refractivity contribution in [3.8, 4) is 0 Å². The number of rotatable bonds is 5. The fourth-order valence-electron chi connectivity index (χ4n) is 7.42. The van der Waals surface area contributed by atoms with Gasteiger partial charge in [-0.2, -0.15) is 0 Å². The summed E-state index contributed by atoms with van der Waals surface area (Å²) >= 11 is 0. The van der Waals surface area contributed by atoms with Crippen molar-refractivity contribution in [2.75, 3.05) is 6.61 Å². The molecule has 31 heavy (non-hydrogen) atoms.